The number of benzene rings is 2. The minimum Gasteiger partial charge on any atom is -0.330 e. The molecule has 0 aliphatic heterocycles. The number of aromatic nitrogens is 2. The van der Waals surface area contributed by atoms with Gasteiger partial charge in [0, 0.05) is 24.2 Å². The molecule has 0 saturated carbocycles. The summed E-state index contributed by atoms with van der Waals surface area (Å²) in [6.45, 7) is 2.67. The number of alkyl halides is 3. The number of hydrogen-bond donors (Lipinski definition) is 1. The van der Waals surface area contributed by atoms with Crippen molar-refractivity contribution >= 4 is 28.4 Å². The highest BCUT2D eigenvalue weighted by Crippen LogP contribution is 2.30. The van der Waals surface area contributed by atoms with Gasteiger partial charge in [0.25, 0.3) is 11.5 Å². The van der Waals surface area contributed by atoms with Gasteiger partial charge in [-0.3, -0.25) is 14.2 Å². The van der Waals surface area contributed by atoms with E-state index in [0.717, 1.165) is 31.4 Å². The second-order valence-electron chi connectivity index (χ2n) is 8.45. The average Bonchev–Trinajstić information content (AvgIpc) is 2.82. The zero-order valence-corrected chi connectivity index (χ0v) is 20.4. The number of carbonyl (C=O) groups is 1. The topological polar surface area (TPSA) is 81.2 Å². The Morgan fingerprint density at radius 1 is 1.11 bits per heavy atom. The van der Waals surface area contributed by atoms with Crippen LogP contribution < -0.4 is 11.3 Å². The lowest BCUT2D eigenvalue weighted by atomic mass is 10.1. The number of amides is 1. The van der Waals surface area contributed by atoms with Crippen LogP contribution in [0.1, 0.15) is 60.4 Å². The van der Waals surface area contributed by atoms with Crippen molar-refractivity contribution in [3.8, 4) is 0 Å². The van der Waals surface area contributed by atoms with Gasteiger partial charge >= 0.3 is 6.18 Å². The molecule has 0 bridgehead atoms. The zero-order chi connectivity index (χ0) is 25.8. The average molecular weight is 509 g/mol. The predicted molar refractivity (Wildman–Crippen MR) is 130 cm³/mol. The summed E-state index contributed by atoms with van der Waals surface area (Å²) >= 11 is 6.09. The molecule has 3 aromatic rings. The van der Waals surface area contributed by atoms with Crippen LogP contribution in [0.25, 0.3) is 10.9 Å². The van der Waals surface area contributed by atoms with Crippen molar-refractivity contribution in [1.82, 2.24) is 14.5 Å². The van der Waals surface area contributed by atoms with Gasteiger partial charge in [0.2, 0.25) is 0 Å². The van der Waals surface area contributed by atoms with E-state index in [9.17, 15) is 22.8 Å². The molecule has 0 radical (unpaired) electrons. The Kier molecular flexibility index (Phi) is 8.56. The first-order chi connectivity index (χ1) is 16.5. The molecule has 2 aromatic carbocycles. The number of halogens is 4. The van der Waals surface area contributed by atoms with Gasteiger partial charge in [0.05, 0.1) is 22.5 Å². The highest BCUT2D eigenvalue weighted by molar-refractivity contribution is 6.31. The summed E-state index contributed by atoms with van der Waals surface area (Å²) in [5, 5.41) is 0.824. The summed E-state index contributed by atoms with van der Waals surface area (Å²) < 4.78 is 40.3. The Morgan fingerprint density at radius 2 is 1.77 bits per heavy atom. The minimum atomic E-state index is -4.49. The van der Waals surface area contributed by atoms with Gasteiger partial charge in [-0.25, -0.2) is 4.98 Å². The van der Waals surface area contributed by atoms with Gasteiger partial charge in [-0.15, -0.1) is 0 Å². The number of carbonyl (C=O) groups excluding carboxylic acids is 1. The molecule has 0 spiro atoms. The van der Waals surface area contributed by atoms with Crippen molar-refractivity contribution in [3.05, 3.63) is 74.8 Å². The van der Waals surface area contributed by atoms with Crippen LogP contribution in [0.4, 0.5) is 13.2 Å². The van der Waals surface area contributed by atoms with Gasteiger partial charge in [-0.1, -0.05) is 24.4 Å². The van der Waals surface area contributed by atoms with Crippen molar-refractivity contribution in [2.75, 3.05) is 13.1 Å². The lowest BCUT2D eigenvalue weighted by Gasteiger charge is -2.30. The number of hydrogen-bond acceptors (Lipinski definition) is 4. The molecule has 3 rings (SSSR count). The third-order valence-electron chi connectivity index (χ3n) is 5.99. The maximum atomic E-state index is 13.4. The van der Waals surface area contributed by atoms with Gasteiger partial charge in [-0.05, 0) is 68.8 Å². The quantitative estimate of drug-likeness (QED) is 0.396. The van der Waals surface area contributed by atoms with Crippen molar-refractivity contribution in [3.63, 3.8) is 0 Å². The molecule has 0 aliphatic carbocycles. The third kappa shape index (κ3) is 6.21. The van der Waals surface area contributed by atoms with E-state index < -0.39 is 23.7 Å². The summed E-state index contributed by atoms with van der Waals surface area (Å²) in [5.74, 6) is -0.0857. The van der Waals surface area contributed by atoms with Crippen LogP contribution in [0.3, 0.4) is 0 Å². The van der Waals surface area contributed by atoms with E-state index in [1.807, 2.05) is 0 Å². The van der Waals surface area contributed by atoms with Gasteiger partial charge in [0.15, 0.2) is 0 Å². The van der Waals surface area contributed by atoms with Gasteiger partial charge in [-0.2, -0.15) is 13.2 Å². The molecule has 0 saturated heterocycles. The lowest BCUT2D eigenvalue weighted by Crippen LogP contribution is -2.38. The molecular weight excluding hydrogens is 481 g/mol. The first-order valence-corrected chi connectivity index (χ1v) is 11.8. The predicted octanol–water partition coefficient (Wildman–Crippen LogP) is 5.33. The second-order valence-corrected chi connectivity index (χ2v) is 8.88. The standard InChI is InChI=1S/C25H28ClF3N4O2/c1-16(22-31-21-15-19(26)11-12-20(21)24(35)32(22)2)33(14-6-4-3-5-13-30)23(34)17-7-9-18(10-8-17)25(27,28)29/h7-12,15-16H,3-6,13-14,30H2,1-2H3. The second kappa shape index (κ2) is 11.2. The molecule has 0 fully saturated rings. The summed E-state index contributed by atoms with van der Waals surface area (Å²) in [6.07, 6.45) is -1.22. The highest BCUT2D eigenvalue weighted by Gasteiger charge is 2.31. The van der Waals surface area contributed by atoms with Gasteiger partial charge < -0.3 is 10.6 Å². The SMILES string of the molecule is CC(c1nc2cc(Cl)ccc2c(=O)n1C)N(CCCCCCN)C(=O)c1ccc(C(F)(F)F)cc1. The lowest BCUT2D eigenvalue weighted by molar-refractivity contribution is -0.137. The van der Waals surface area contributed by atoms with E-state index in [4.69, 9.17) is 17.3 Å². The van der Waals surface area contributed by atoms with Crippen LogP contribution in [0.5, 0.6) is 0 Å². The highest BCUT2D eigenvalue weighted by atomic mass is 35.5. The number of fused-ring (bicyclic) bond motifs is 1. The molecule has 2 N–H and O–H groups in total. The monoisotopic (exact) mass is 508 g/mol. The first kappa shape index (κ1) is 26.7. The van der Waals surface area contributed by atoms with Crippen molar-refractivity contribution < 1.29 is 18.0 Å². The van der Waals surface area contributed by atoms with Crippen LogP contribution in [0.15, 0.2) is 47.3 Å². The van der Waals surface area contributed by atoms with Crippen molar-refractivity contribution in [2.45, 2.75) is 44.8 Å². The number of rotatable bonds is 9. The fourth-order valence-corrected chi connectivity index (χ4v) is 4.16. The minimum absolute atomic E-state index is 0.126. The zero-order valence-electron chi connectivity index (χ0n) is 19.6. The fraction of sp³-hybridized carbons (Fsp3) is 0.400. The van der Waals surface area contributed by atoms with E-state index in [2.05, 4.69) is 4.98 Å². The van der Waals surface area contributed by atoms with E-state index in [0.29, 0.717) is 41.3 Å². The van der Waals surface area contributed by atoms with Crippen LogP contribution in [-0.2, 0) is 13.2 Å². The molecule has 1 atom stereocenters. The van der Waals surface area contributed by atoms with Crippen LogP contribution in [0.2, 0.25) is 5.02 Å². The Morgan fingerprint density at radius 3 is 2.40 bits per heavy atom. The normalized spacial score (nSPS) is 12.7. The largest absolute Gasteiger partial charge is 0.416 e. The molecule has 6 nitrogen and oxygen atoms in total. The van der Waals surface area contributed by atoms with E-state index in [1.165, 1.54) is 16.7 Å². The molecule has 0 aliphatic rings. The van der Waals surface area contributed by atoms with E-state index in [1.54, 1.807) is 37.1 Å². The summed E-state index contributed by atoms with van der Waals surface area (Å²) in [4.78, 5) is 32.6. The van der Waals surface area contributed by atoms with Gasteiger partial charge in [0.1, 0.15) is 5.82 Å². The Labute approximate surface area is 206 Å². The third-order valence-corrected chi connectivity index (χ3v) is 6.22. The summed E-state index contributed by atoms with van der Waals surface area (Å²) in [7, 11) is 1.58. The Balaban J connectivity index is 1.98. The van der Waals surface area contributed by atoms with Crippen LogP contribution >= 0.6 is 11.6 Å². The summed E-state index contributed by atoms with van der Waals surface area (Å²) in [5.41, 5.74) is 4.98. The van der Waals surface area contributed by atoms with E-state index >= 15 is 0 Å². The molecule has 10 heteroatoms. The molecule has 1 aromatic heterocycles. The van der Waals surface area contributed by atoms with Crippen LogP contribution in [-0.4, -0.2) is 33.4 Å². The Bertz CT molecular complexity index is 1240. The number of unbranched alkanes of at least 4 members (excludes halogenated alkanes) is 3. The molecule has 188 valence electrons. The smallest absolute Gasteiger partial charge is 0.330 e. The Hall–Kier alpha value is -2.91. The van der Waals surface area contributed by atoms with Crippen molar-refractivity contribution in [2.24, 2.45) is 12.8 Å². The fourth-order valence-electron chi connectivity index (χ4n) is 3.99. The first-order valence-electron chi connectivity index (χ1n) is 11.4. The van der Waals surface area contributed by atoms with Crippen LogP contribution in [0, 0.1) is 0 Å². The number of nitrogens with zero attached hydrogens (tertiary/aromatic N) is 3. The van der Waals surface area contributed by atoms with Crippen molar-refractivity contribution in [1.29, 1.82) is 0 Å². The molecular formula is C25H28ClF3N4O2. The number of nitrogens with two attached hydrogens (primary N) is 1. The molecule has 1 amide bonds. The molecule has 35 heavy (non-hydrogen) atoms. The molecule has 1 unspecified atom stereocenters. The maximum absolute atomic E-state index is 13.4. The molecule has 1 heterocycles. The summed E-state index contributed by atoms with van der Waals surface area (Å²) in [6, 6.07) is 8.30. The van der Waals surface area contributed by atoms with E-state index in [-0.39, 0.29) is 11.1 Å². The maximum Gasteiger partial charge on any atom is 0.416 e.